The third-order valence-corrected chi connectivity index (χ3v) is 4.86. The first kappa shape index (κ1) is 14.9. The van der Waals surface area contributed by atoms with Gasteiger partial charge >= 0.3 is 0 Å². The molecule has 1 aromatic rings. The molecule has 104 valence electrons. The molecule has 2 nitrogen and oxygen atoms in total. The van der Waals surface area contributed by atoms with E-state index in [4.69, 9.17) is 11.6 Å². The molecule has 2 rings (SSSR count). The maximum atomic E-state index is 12.2. The Labute approximate surface area is 128 Å². The lowest BCUT2D eigenvalue weighted by molar-refractivity contribution is 0.0944. The van der Waals surface area contributed by atoms with Gasteiger partial charge in [0.2, 0.25) is 0 Å². The van der Waals surface area contributed by atoms with Crippen LogP contribution < -0.4 is 5.32 Å². The van der Waals surface area contributed by atoms with E-state index < -0.39 is 0 Å². The number of nitrogens with one attached hydrogen (secondary N) is 1. The van der Waals surface area contributed by atoms with E-state index in [2.05, 4.69) is 21.2 Å². The summed E-state index contributed by atoms with van der Waals surface area (Å²) in [5.74, 6) is 1.83. The fourth-order valence-corrected chi connectivity index (χ4v) is 3.67. The molecule has 1 aromatic carbocycles. The van der Waals surface area contributed by atoms with Crippen LogP contribution in [0.3, 0.4) is 0 Å². The first-order chi connectivity index (χ1) is 9.11. The lowest BCUT2D eigenvalue weighted by Gasteiger charge is -2.18. The van der Waals surface area contributed by atoms with Crippen LogP contribution in [0, 0.1) is 18.8 Å². The standard InChI is InChI=1S/C15H19BrClNO/c1-10-7-13(16)5-6-14(10)15(19)18-9-12-4-2-3-11(12)8-17/h5-7,11-12H,2-4,8-9H2,1H3,(H,18,19). The molecule has 2 unspecified atom stereocenters. The molecule has 0 aromatic heterocycles. The Morgan fingerprint density at radius 1 is 1.42 bits per heavy atom. The summed E-state index contributed by atoms with van der Waals surface area (Å²) < 4.78 is 1.000. The Bertz CT molecular complexity index is 463. The molecule has 1 amide bonds. The van der Waals surface area contributed by atoms with Crippen molar-refractivity contribution >= 4 is 33.4 Å². The smallest absolute Gasteiger partial charge is 0.251 e. The van der Waals surface area contributed by atoms with E-state index in [9.17, 15) is 4.79 Å². The minimum atomic E-state index is 0.0187. The van der Waals surface area contributed by atoms with Crippen molar-refractivity contribution in [2.24, 2.45) is 11.8 Å². The topological polar surface area (TPSA) is 29.1 Å². The normalized spacial score (nSPS) is 22.5. The van der Waals surface area contributed by atoms with Gasteiger partial charge in [0.1, 0.15) is 0 Å². The summed E-state index contributed by atoms with van der Waals surface area (Å²) in [6.07, 6.45) is 3.60. The van der Waals surface area contributed by atoms with Crippen molar-refractivity contribution in [3.8, 4) is 0 Å². The van der Waals surface area contributed by atoms with Crippen LogP contribution in [0.25, 0.3) is 0 Å². The Kier molecular flexibility index (Phi) is 5.28. The van der Waals surface area contributed by atoms with Crippen molar-refractivity contribution in [3.05, 3.63) is 33.8 Å². The number of carbonyl (C=O) groups is 1. The van der Waals surface area contributed by atoms with E-state index >= 15 is 0 Å². The summed E-state index contributed by atoms with van der Waals surface area (Å²) in [5.41, 5.74) is 1.75. The van der Waals surface area contributed by atoms with Crippen LogP contribution in [0.1, 0.15) is 35.2 Å². The summed E-state index contributed by atoms with van der Waals surface area (Å²) in [5, 5.41) is 3.05. The first-order valence-electron chi connectivity index (χ1n) is 6.72. The zero-order valence-electron chi connectivity index (χ0n) is 11.1. The van der Waals surface area contributed by atoms with Gasteiger partial charge in [0, 0.05) is 22.5 Å². The van der Waals surface area contributed by atoms with Gasteiger partial charge in [-0.3, -0.25) is 4.79 Å². The molecule has 1 aliphatic rings. The number of aryl methyl sites for hydroxylation is 1. The van der Waals surface area contributed by atoms with Gasteiger partial charge in [-0.1, -0.05) is 22.4 Å². The summed E-state index contributed by atoms with van der Waals surface area (Å²) in [4.78, 5) is 12.2. The Hall–Kier alpha value is -0.540. The molecule has 4 heteroatoms. The van der Waals surface area contributed by atoms with Gasteiger partial charge in [-0.2, -0.15) is 0 Å². The van der Waals surface area contributed by atoms with Crippen LogP contribution in [0.4, 0.5) is 0 Å². The van der Waals surface area contributed by atoms with E-state index in [1.807, 2.05) is 25.1 Å². The predicted molar refractivity (Wildman–Crippen MR) is 82.8 cm³/mol. The number of benzene rings is 1. The molecule has 19 heavy (non-hydrogen) atoms. The van der Waals surface area contributed by atoms with Crippen molar-refractivity contribution in [2.45, 2.75) is 26.2 Å². The van der Waals surface area contributed by atoms with E-state index in [0.717, 1.165) is 22.1 Å². The highest BCUT2D eigenvalue weighted by molar-refractivity contribution is 9.10. The number of halogens is 2. The fraction of sp³-hybridized carbons (Fsp3) is 0.533. The van der Waals surface area contributed by atoms with Crippen molar-refractivity contribution in [1.82, 2.24) is 5.32 Å². The number of hydrogen-bond acceptors (Lipinski definition) is 1. The lowest BCUT2D eigenvalue weighted by Crippen LogP contribution is -2.31. The van der Waals surface area contributed by atoms with E-state index in [1.165, 1.54) is 19.3 Å². The monoisotopic (exact) mass is 343 g/mol. The maximum Gasteiger partial charge on any atom is 0.251 e. The minimum Gasteiger partial charge on any atom is -0.352 e. The highest BCUT2D eigenvalue weighted by Gasteiger charge is 2.26. The highest BCUT2D eigenvalue weighted by Crippen LogP contribution is 2.32. The molecular weight excluding hydrogens is 326 g/mol. The van der Waals surface area contributed by atoms with Gasteiger partial charge in [0.05, 0.1) is 0 Å². The van der Waals surface area contributed by atoms with Crippen molar-refractivity contribution in [2.75, 3.05) is 12.4 Å². The van der Waals surface area contributed by atoms with Gasteiger partial charge < -0.3 is 5.32 Å². The summed E-state index contributed by atoms with van der Waals surface area (Å²) in [7, 11) is 0. The molecule has 1 saturated carbocycles. The first-order valence-corrected chi connectivity index (χ1v) is 8.05. The number of hydrogen-bond donors (Lipinski definition) is 1. The number of rotatable bonds is 4. The summed E-state index contributed by atoms with van der Waals surface area (Å²) in [6.45, 7) is 2.70. The average Bonchev–Trinajstić information content (AvgIpc) is 2.83. The molecule has 0 heterocycles. The van der Waals surface area contributed by atoms with Gasteiger partial charge in [-0.05, 0) is 55.4 Å². The second kappa shape index (κ2) is 6.76. The molecule has 0 spiro atoms. The van der Waals surface area contributed by atoms with E-state index in [0.29, 0.717) is 17.7 Å². The lowest BCUT2D eigenvalue weighted by atomic mass is 9.98. The largest absolute Gasteiger partial charge is 0.352 e. The molecule has 2 atom stereocenters. The number of carbonyl (C=O) groups excluding carboxylic acids is 1. The second-order valence-electron chi connectivity index (χ2n) is 5.27. The van der Waals surface area contributed by atoms with Crippen LogP contribution in [0.2, 0.25) is 0 Å². The Morgan fingerprint density at radius 2 is 2.16 bits per heavy atom. The van der Waals surface area contributed by atoms with Crippen LogP contribution in [0.5, 0.6) is 0 Å². The van der Waals surface area contributed by atoms with Crippen LogP contribution >= 0.6 is 27.5 Å². The molecule has 0 bridgehead atoms. The van der Waals surface area contributed by atoms with Crippen LogP contribution in [-0.4, -0.2) is 18.3 Å². The van der Waals surface area contributed by atoms with E-state index in [1.54, 1.807) is 0 Å². The SMILES string of the molecule is Cc1cc(Br)ccc1C(=O)NCC1CCCC1CCl. The minimum absolute atomic E-state index is 0.0187. The molecule has 0 saturated heterocycles. The third-order valence-electron chi connectivity index (χ3n) is 3.97. The van der Waals surface area contributed by atoms with E-state index in [-0.39, 0.29) is 5.91 Å². The fourth-order valence-electron chi connectivity index (χ4n) is 2.79. The molecule has 0 aliphatic heterocycles. The van der Waals surface area contributed by atoms with Gasteiger partial charge in [0.15, 0.2) is 0 Å². The average molecular weight is 345 g/mol. The van der Waals surface area contributed by atoms with Gasteiger partial charge in [-0.25, -0.2) is 0 Å². The van der Waals surface area contributed by atoms with Crippen LogP contribution in [-0.2, 0) is 0 Å². The summed E-state index contributed by atoms with van der Waals surface area (Å²) in [6, 6.07) is 5.73. The predicted octanol–water partition coefficient (Wildman–Crippen LogP) is 4.14. The molecule has 1 aliphatic carbocycles. The van der Waals surface area contributed by atoms with Crippen molar-refractivity contribution in [1.29, 1.82) is 0 Å². The quantitative estimate of drug-likeness (QED) is 0.817. The number of amides is 1. The van der Waals surface area contributed by atoms with Crippen LogP contribution in [0.15, 0.2) is 22.7 Å². The molecule has 1 N–H and O–H groups in total. The second-order valence-corrected chi connectivity index (χ2v) is 6.50. The number of alkyl halides is 1. The third kappa shape index (κ3) is 3.73. The maximum absolute atomic E-state index is 12.2. The van der Waals surface area contributed by atoms with Crippen molar-refractivity contribution in [3.63, 3.8) is 0 Å². The Morgan fingerprint density at radius 3 is 2.84 bits per heavy atom. The van der Waals surface area contributed by atoms with Gasteiger partial charge in [0.25, 0.3) is 5.91 Å². The zero-order chi connectivity index (χ0) is 13.8. The summed E-state index contributed by atoms with van der Waals surface area (Å²) >= 11 is 9.37. The van der Waals surface area contributed by atoms with Gasteiger partial charge in [-0.15, -0.1) is 11.6 Å². The molecule has 1 fully saturated rings. The molecular formula is C15H19BrClNO. The highest BCUT2D eigenvalue weighted by atomic mass is 79.9. The van der Waals surface area contributed by atoms with Crippen molar-refractivity contribution < 1.29 is 4.79 Å². The zero-order valence-corrected chi connectivity index (χ0v) is 13.4. The molecule has 0 radical (unpaired) electrons. The Balaban J connectivity index is 1.94.